The van der Waals surface area contributed by atoms with Gasteiger partial charge in [-0.05, 0) is 79.8 Å². The van der Waals surface area contributed by atoms with Gasteiger partial charge in [0.05, 0.1) is 6.42 Å². The lowest BCUT2D eigenvalue weighted by molar-refractivity contribution is -0.120. The zero-order valence-corrected chi connectivity index (χ0v) is 18.8. The molecule has 3 aliphatic rings. The second-order valence-corrected chi connectivity index (χ2v) is 9.82. The first-order chi connectivity index (χ1) is 15.6. The van der Waals surface area contributed by atoms with E-state index in [1.165, 1.54) is 56.5 Å². The molecule has 0 unspecified atom stereocenters. The number of piperidine rings is 2. The fourth-order valence-electron chi connectivity index (χ4n) is 5.98. The Balaban J connectivity index is 1.06. The van der Waals surface area contributed by atoms with Gasteiger partial charge in [-0.3, -0.25) is 9.69 Å². The van der Waals surface area contributed by atoms with Gasteiger partial charge in [-0.15, -0.1) is 0 Å². The van der Waals surface area contributed by atoms with Crippen LogP contribution in [0.3, 0.4) is 0 Å². The fraction of sp³-hybridized carbons (Fsp3) is 0.519. The van der Waals surface area contributed by atoms with Gasteiger partial charge >= 0.3 is 0 Å². The van der Waals surface area contributed by atoms with Gasteiger partial charge < -0.3 is 10.2 Å². The van der Waals surface area contributed by atoms with Crippen molar-refractivity contribution in [1.82, 2.24) is 10.2 Å². The number of fused-ring (bicyclic) bond motifs is 2. The summed E-state index contributed by atoms with van der Waals surface area (Å²) in [6.07, 6.45) is 7.86. The molecule has 3 fully saturated rings. The minimum absolute atomic E-state index is 0.00915. The van der Waals surface area contributed by atoms with Gasteiger partial charge in [-0.2, -0.15) is 0 Å². The molecule has 2 heterocycles. The Morgan fingerprint density at radius 2 is 1.78 bits per heavy atom. The number of anilines is 1. The van der Waals surface area contributed by atoms with Crippen LogP contribution in [0.15, 0.2) is 48.5 Å². The average Bonchev–Trinajstić information content (AvgIpc) is 3.44. The highest BCUT2D eigenvalue weighted by Crippen LogP contribution is 2.40. The third-order valence-electron chi connectivity index (χ3n) is 7.68. The van der Waals surface area contributed by atoms with Gasteiger partial charge in [0.2, 0.25) is 5.91 Å². The molecule has 32 heavy (non-hydrogen) atoms. The quantitative estimate of drug-likeness (QED) is 0.709. The van der Waals surface area contributed by atoms with Crippen molar-refractivity contribution in [3.63, 3.8) is 0 Å². The van der Waals surface area contributed by atoms with Crippen LogP contribution in [0.25, 0.3) is 0 Å². The van der Waals surface area contributed by atoms with Gasteiger partial charge in [-0.25, -0.2) is 4.39 Å². The van der Waals surface area contributed by atoms with Crippen molar-refractivity contribution < 1.29 is 9.18 Å². The molecular weight excluding hydrogens is 401 g/mol. The molecule has 5 heteroatoms. The molecule has 0 spiro atoms. The highest BCUT2D eigenvalue weighted by molar-refractivity contribution is 5.78. The molecule has 2 aromatic carbocycles. The Morgan fingerprint density at radius 1 is 0.969 bits per heavy atom. The summed E-state index contributed by atoms with van der Waals surface area (Å²) in [6.45, 7) is 4.11. The highest BCUT2D eigenvalue weighted by atomic mass is 19.1. The lowest BCUT2D eigenvalue weighted by Gasteiger charge is -2.41. The first-order valence-corrected chi connectivity index (χ1v) is 12.2. The summed E-state index contributed by atoms with van der Waals surface area (Å²) in [5.74, 6) is 0.750. The first kappa shape index (κ1) is 21.4. The Hall–Kier alpha value is -2.40. The maximum absolute atomic E-state index is 13.2. The first-order valence-electron chi connectivity index (χ1n) is 12.2. The number of likely N-dealkylation sites (tertiary alicyclic amines) is 1. The molecule has 5 rings (SSSR count). The number of carbonyl (C=O) groups excluding carboxylic acids is 1. The lowest BCUT2D eigenvalue weighted by Crippen LogP contribution is -2.47. The molecule has 0 radical (unpaired) electrons. The molecule has 2 atom stereocenters. The summed E-state index contributed by atoms with van der Waals surface area (Å²) >= 11 is 0. The largest absolute Gasteiger partial charge is 0.371 e. The zero-order valence-electron chi connectivity index (χ0n) is 18.8. The monoisotopic (exact) mass is 435 g/mol. The maximum atomic E-state index is 13.2. The van der Waals surface area contributed by atoms with E-state index in [0.29, 0.717) is 19.4 Å². The van der Waals surface area contributed by atoms with E-state index in [2.05, 4.69) is 39.4 Å². The number of benzene rings is 2. The van der Waals surface area contributed by atoms with Crippen LogP contribution in [0, 0.1) is 11.7 Å². The van der Waals surface area contributed by atoms with Crippen molar-refractivity contribution in [1.29, 1.82) is 0 Å². The van der Waals surface area contributed by atoms with Crippen LogP contribution in [0.4, 0.5) is 10.1 Å². The smallest absolute Gasteiger partial charge is 0.224 e. The maximum Gasteiger partial charge on any atom is 0.224 e. The molecule has 2 bridgehead atoms. The molecule has 2 aliphatic heterocycles. The average molecular weight is 436 g/mol. The second-order valence-electron chi connectivity index (χ2n) is 9.82. The Bertz CT molecular complexity index is 923. The van der Waals surface area contributed by atoms with E-state index in [0.717, 1.165) is 42.2 Å². The van der Waals surface area contributed by atoms with Crippen LogP contribution >= 0.6 is 0 Å². The molecule has 1 saturated carbocycles. The third-order valence-corrected chi connectivity index (χ3v) is 7.68. The third kappa shape index (κ3) is 4.98. The van der Waals surface area contributed by atoms with E-state index >= 15 is 0 Å². The molecular formula is C27H34FN3O. The summed E-state index contributed by atoms with van der Waals surface area (Å²) < 4.78 is 13.2. The predicted molar refractivity (Wildman–Crippen MR) is 126 cm³/mol. The minimum Gasteiger partial charge on any atom is -0.371 e. The number of amides is 1. The molecule has 2 aromatic rings. The summed E-state index contributed by atoms with van der Waals surface area (Å²) in [5, 5.41) is 2.94. The van der Waals surface area contributed by atoms with Crippen molar-refractivity contribution >= 4 is 11.6 Å². The molecule has 2 saturated heterocycles. The Morgan fingerprint density at radius 3 is 2.47 bits per heavy atom. The Labute approximate surface area is 190 Å². The van der Waals surface area contributed by atoms with Crippen LogP contribution in [-0.2, 0) is 17.6 Å². The van der Waals surface area contributed by atoms with Crippen molar-refractivity contribution in [2.45, 2.75) is 57.0 Å². The predicted octanol–water partition coefficient (Wildman–Crippen LogP) is 4.18. The van der Waals surface area contributed by atoms with Gasteiger partial charge in [0.25, 0.3) is 0 Å². The molecule has 1 amide bonds. The van der Waals surface area contributed by atoms with Gasteiger partial charge in [-0.1, -0.05) is 24.3 Å². The van der Waals surface area contributed by atoms with Crippen LogP contribution in [-0.4, -0.2) is 49.1 Å². The van der Waals surface area contributed by atoms with Crippen LogP contribution in [0.2, 0.25) is 0 Å². The van der Waals surface area contributed by atoms with Crippen molar-refractivity contribution in [2.24, 2.45) is 5.92 Å². The summed E-state index contributed by atoms with van der Waals surface area (Å²) in [7, 11) is 0. The van der Waals surface area contributed by atoms with E-state index in [1.54, 1.807) is 6.07 Å². The topological polar surface area (TPSA) is 35.6 Å². The summed E-state index contributed by atoms with van der Waals surface area (Å²) in [5.41, 5.74) is 3.19. The van der Waals surface area contributed by atoms with E-state index in [4.69, 9.17) is 0 Å². The van der Waals surface area contributed by atoms with E-state index < -0.39 is 0 Å². The Kier molecular flexibility index (Phi) is 6.44. The van der Waals surface area contributed by atoms with Gasteiger partial charge in [0, 0.05) is 44.0 Å². The van der Waals surface area contributed by atoms with E-state index in [1.807, 2.05) is 6.07 Å². The van der Waals surface area contributed by atoms with Crippen molar-refractivity contribution in [3.05, 3.63) is 65.5 Å². The van der Waals surface area contributed by atoms with Gasteiger partial charge in [0.1, 0.15) is 5.82 Å². The number of carbonyl (C=O) groups is 1. The standard InChI is InChI=1S/C27H34FN3O/c28-23-3-1-2-20(16-23)10-13-29-27(32)18-21-4-7-24(8-5-21)30-14-11-25(12-15-30)31-19-22-6-9-26(31)17-22/h1-5,7-8,16,22,25-26H,6,9-15,17-19H2,(H,29,32)/t22-,26+/m0/s1. The molecule has 1 N–H and O–H groups in total. The SMILES string of the molecule is O=C(Cc1ccc(N2CCC(N3C[C@H]4CC[C@@H]3C4)CC2)cc1)NCCc1cccc(F)c1. The van der Waals surface area contributed by atoms with Crippen LogP contribution in [0.5, 0.6) is 0 Å². The van der Waals surface area contributed by atoms with Crippen molar-refractivity contribution in [2.75, 3.05) is 31.1 Å². The number of nitrogens with one attached hydrogen (secondary N) is 1. The molecule has 170 valence electrons. The molecule has 1 aliphatic carbocycles. The van der Waals surface area contributed by atoms with E-state index in [-0.39, 0.29) is 11.7 Å². The van der Waals surface area contributed by atoms with Crippen LogP contribution < -0.4 is 10.2 Å². The fourth-order valence-corrected chi connectivity index (χ4v) is 5.98. The number of hydrogen-bond donors (Lipinski definition) is 1. The van der Waals surface area contributed by atoms with Crippen LogP contribution in [0.1, 0.15) is 43.2 Å². The summed E-state index contributed by atoms with van der Waals surface area (Å²) in [4.78, 5) is 17.6. The minimum atomic E-state index is -0.235. The van der Waals surface area contributed by atoms with E-state index in [9.17, 15) is 9.18 Å². The molecule has 4 nitrogen and oxygen atoms in total. The number of halogens is 1. The second kappa shape index (κ2) is 9.62. The number of nitrogens with zero attached hydrogens (tertiary/aromatic N) is 2. The summed E-state index contributed by atoms with van der Waals surface area (Å²) in [6, 6.07) is 16.7. The number of rotatable bonds is 7. The zero-order chi connectivity index (χ0) is 21.9. The van der Waals surface area contributed by atoms with Gasteiger partial charge in [0.15, 0.2) is 0 Å². The normalized spacial score (nSPS) is 23.6. The highest BCUT2D eigenvalue weighted by Gasteiger charge is 2.41. The van der Waals surface area contributed by atoms with Crippen molar-refractivity contribution in [3.8, 4) is 0 Å². The molecule has 0 aromatic heterocycles. The lowest BCUT2D eigenvalue weighted by atomic mass is 9.99. The number of hydrogen-bond acceptors (Lipinski definition) is 3.